The molecule has 4 aliphatic rings. The zero-order valence-electron chi connectivity index (χ0n) is 15.4. The molecule has 0 aromatic rings. The van der Waals surface area contributed by atoms with Crippen molar-refractivity contribution in [3.05, 3.63) is 11.6 Å². The van der Waals surface area contributed by atoms with Crippen molar-refractivity contribution in [1.82, 2.24) is 0 Å². The van der Waals surface area contributed by atoms with Crippen molar-refractivity contribution in [2.75, 3.05) is 14.2 Å². The lowest BCUT2D eigenvalue weighted by molar-refractivity contribution is -0.130. The van der Waals surface area contributed by atoms with Crippen molar-refractivity contribution in [2.45, 2.75) is 70.5 Å². The van der Waals surface area contributed by atoms with Crippen molar-refractivity contribution in [1.29, 1.82) is 0 Å². The molecule has 0 aromatic heterocycles. The molecule has 0 amide bonds. The van der Waals surface area contributed by atoms with E-state index in [-0.39, 0.29) is 11.5 Å². The second-order valence-electron chi connectivity index (χ2n) is 8.92. The Balaban J connectivity index is 1.67. The molecule has 2 unspecified atom stereocenters. The maximum Gasteiger partial charge on any atom is 0.130 e. The second-order valence-corrected chi connectivity index (χ2v) is 8.92. The van der Waals surface area contributed by atoms with Gasteiger partial charge in [-0.25, -0.2) is 0 Å². The number of fused-ring (bicyclic) bond motifs is 5. The smallest absolute Gasteiger partial charge is 0.130 e. The van der Waals surface area contributed by atoms with Gasteiger partial charge in [-0.15, -0.1) is 0 Å². The van der Waals surface area contributed by atoms with E-state index in [0.29, 0.717) is 23.4 Å². The highest BCUT2D eigenvalue weighted by Gasteiger charge is 2.60. The van der Waals surface area contributed by atoms with Gasteiger partial charge in [-0.05, 0) is 74.5 Å². The van der Waals surface area contributed by atoms with E-state index in [9.17, 15) is 4.79 Å². The van der Waals surface area contributed by atoms with Gasteiger partial charge in [0.25, 0.3) is 0 Å². The molecule has 7 atom stereocenters. The molecule has 24 heavy (non-hydrogen) atoms. The Hall–Kier alpha value is -0.670. The lowest BCUT2D eigenvalue weighted by atomic mass is 9.47. The van der Waals surface area contributed by atoms with Crippen LogP contribution in [0.2, 0.25) is 0 Å². The first-order valence-corrected chi connectivity index (χ1v) is 9.82. The van der Waals surface area contributed by atoms with Crippen LogP contribution in [0.5, 0.6) is 0 Å². The molecule has 134 valence electrons. The molecule has 0 bridgehead atoms. The van der Waals surface area contributed by atoms with Crippen LogP contribution >= 0.6 is 0 Å². The van der Waals surface area contributed by atoms with Crippen LogP contribution in [0, 0.1) is 28.6 Å². The summed E-state index contributed by atoms with van der Waals surface area (Å²) in [7, 11) is 3.67. The summed E-state index contributed by atoms with van der Waals surface area (Å²) < 4.78 is 11.4. The number of ether oxygens (including phenoxy) is 2. The van der Waals surface area contributed by atoms with Crippen molar-refractivity contribution >= 4 is 6.29 Å². The number of carbonyl (C=O) groups excluding carboxylic acids is 1. The van der Waals surface area contributed by atoms with Gasteiger partial charge < -0.3 is 14.3 Å². The molecular formula is C21H32O3. The van der Waals surface area contributed by atoms with E-state index in [4.69, 9.17) is 9.47 Å². The van der Waals surface area contributed by atoms with E-state index in [0.717, 1.165) is 25.2 Å². The van der Waals surface area contributed by atoms with E-state index in [1.165, 1.54) is 44.0 Å². The number of methoxy groups -OCH3 is 2. The molecule has 0 aromatic carbocycles. The van der Waals surface area contributed by atoms with Crippen LogP contribution in [-0.4, -0.2) is 32.7 Å². The topological polar surface area (TPSA) is 35.5 Å². The average Bonchev–Trinajstić information content (AvgIpc) is 2.97. The summed E-state index contributed by atoms with van der Waals surface area (Å²) in [5.74, 6) is 1.98. The molecular weight excluding hydrogens is 300 g/mol. The number of hydrogen-bond donors (Lipinski definition) is 0. The summed E-state index contributed by atoms with van der Waals surface area (Å²) >= 11 is 0. The lowest BCUT2D eigenvalue weighted by Crippen LogP contribution is -2.53. The molecule has 0 saturated heterocycles. The van der Waals surface area contributed by atoms with Crippen LogP contribution < -0.4 is 0 Å². The van der Waals surface area contributed by atoms with Crippen molar-refractivity contribution in [3.8, 4) is 0 Å². The Bertz CT molecular complexity index is 541. The maximum atomic E-state index is 12.4. The SMILES string of the molecule is COC1C=C2CC[C@@H]3[C@@H](CC[C@]4(C)C(OC)CC[C@@H]34)[C@@]2(C=O)CC1. The third kappa shape index (κ3) is 2.13. The number of rotatable bonds is 3. The molecule has 3 heteroatoms. The van der Waals surface area contributed by atoms with Crippen LogP contribution in [0.4, 0.5) is 0 Å². The third-order valence-electron chi connectivity index (χ3n) is 8.38. The zero-order valence-corrected chi connectivity index (χ0v) is 15.4. The van der Waals surface area contributed by atoms with E-state index < -0.39 is 0 Å². The van der Waals surface area contributed by atoms with Gasteiger partial charge in [-0.2, -0.15) is 0 Å². The first kappa shape index (κ1) is 16.8. The Morgan fingerprint density at radius 2 is 1.88 bits per heavy atom. The summed E-state index contributed by atoms with van der Waals surface area (Å²) in [6.07, 6.45) is 13.4. The molecule has 4 aliphatic carbocycles. The minimum Gasteiger partial charge on any atom is -0.381 e. The quantitative estimate of drug-likeness (QED) is 0.575. The fourth-order valence-corrected chi connectivity index (χ4v) is 7.14. The van der Waals surface area contributed by atoms with Crippen LogP contribution in [0.15, 0.2) is 11.6 Å². The number of aldehydes is 1. The van der Waals surface area contributed by atoms with Gasteiger partial charge in [0.2, 0.25) is 0 Å². The molecule has 4 rings (SSSR count). The molecule has 0 spiro atoms. The number of hydrogen-bond acceptors (Lipinski definition) is 3. The van der Waals surface area contributed by atoms with E-state index in [1.54, 1.807) is 7.11 Å². The molecule has 0 aliphatic heterocycles. The predicted molar refractivity (Wildman–Crippen MR) is 93.7 cm³/mol. The molecule has 0 radical (unpaired) electrons. The maximum absolute atomic E-state index is 12.4. The van der Waals surface area contributed by atoms with Crippen LogP contribution in [0.1, 0.15) is 58.3 Å². The summed E-state index contributed by atoms with van der Waals surface area (Å²) in [5.41, 5.74) is 1.52. The first-order valence-electron chi connectivity index (χ1n) is 9.82. The van der Waals surface area contributed by atoms with Crippen molar-refractivity contribution in [2.24, 2.45) is 28.6 Å². The highest BCUT2D eigenvalue weighted by atomic mass is 16.5. The number of allylic oxidation sites excluding steroid dienone is 1. The summed E-state index contributed by atoms with van der Waals surface area (Å²) in [6, 6.07) is 0. The highest BCUT2D eigenvalue weighted by Crippen LogP contribution is 2.65. The second kappa shape index (κ2) is 5.95. The minimum atomic E-state index is -0.190. The summed E-state index contributed by atoms with van der Waals surface area (Å²) in [4.78, 5) is 12.4. The van der Waals surface area contributed by atoms with Gasteiger partial charge in [0.1, 0.15) is 6.29 Å². The Morgan fingerprint density at radius 1 is 1.04 bits per heavy atom. The highest BCUT2D eigenvalue weighted by molar-refractivity contribution is 5.67. The summed E-state index contributed by atoms with van der Waals surface area (Å²) in [5, 5.41) is 0. The van der Waals surface area contributed by atoms with Crippen LogP contribution in [0.25, 0.3) is 0 Å². The largest absolute Gasteiger partial charge is 0.381 e. The van der Waals surface area contributed by atoms with Gasteiger partial charge >= 0.3 is 0 Å². The van der Waals surface area contributed by atoms with Gasteiger partial charge in [-0.3, -0.25) is 0 Å². The molecule has 3 nitrogen and oxygen atoms in total. The average molecular weight is 332 g/mol. The monoisotopic (exact) mass is 332 g/mol. The normalized spacial score (nSPS) is 50.5. The van der Waals surface area contributed by atoms with Crippen LogP contribution in [0.3, 0.4) is 0 Å². The predicted octanol–water partition coefficient (Wildman–Crippen LogP) is 4.16. The standard InChI is InChI=1S/C21H32O3/c1-20-10-9-18-16(17(20)6-7-19(20)24-3)5-4-14-12-15(23-2)8-11-21(14,18)13-22/h12-13,15-19H,4-11H2,1-3H3/t15?,16-,17-,18+,19?,20-,21+/m0/s1. The third-order valence-corrected chi connectivity index (χ3v) is 8.38. The van der Waals surface area contributed by atoms with Gasteiger partial charge in [-0.1, -0.05) is 18.6 Å². The Morgan fingerprint density at radius 3 is 2.58 bits per heavy atom. The molecule has 3 fully saturated rings. The van der Waals surface area contributed by atoms with E-state index in [1.807, 2.05) is 7.11 Å². The number of carbonyl (C=O) groups is 1. The van der Waals surface area contributed by atoms with Gasteiger partial charge in [0, 0.05) is 14.2 Å². The summed E-state index contributed by atoms with van der Waals surface area (Å²) in [6.45, 7) is 2.45. The fourth-order valence-electron chi connectivity index (χ4n) is 7.14. The lowest BCUT2D eigenvalue weighted by Gasteiger charge is -2.57. The first-order chi connectivity index (χ1) is 11.6. The van der Waals surface area contributed by atoms with Crippen LogP contribution in [-0.2, 0) is 14.3 Å². The molecule has 0 heterocycles. The molecule has 0 N–H and O–H groups in total. The fraction of sp³-hybridized carbons (Fsp3) is 0.857. The van der Waals surface area contributed by atoms with E-state index in [2.05, 4.69) is 13.0 Å². The van der Waals surface area contributed by atoms with E-state index >= 15 is 0 Å². The zero-order chi connectivity index (χ0) is 16.9. The Labute approximate surface area is 146 Å². The molecule has 3 saturated carbocycles. The minimum absolute atomic E-state index is 0.190. The van der Waals surface area contributed by atoms with Gasteiger partial charge in [0.15, 0.2) is 0 Å². The van der Waals surface area contributed by atoms with Gasteiger partial charge in [0.05, 0.1) is 17.6 Å². The van der Waals surface area contributed by atoms with Crippen molar-refractivity contribution < 1.29 is 14.3 Å². The van der Waals surface area contributed by atoms with Crippen molar-refractivity contribution in [3.63, 3.8) is 0 Å². The Kier molecular flexibility index (Phi) is 4.16.